The van der Waals surface area contributed by atoms with Gasteiger partial charge in [0.25, 0.3) is 18.8 Å². The van der Waals surface area contributed by atoms with E-state index >= 15 is 4.39 Å². The van der Waals surface area contributed by atoms with Gasteiger partial charge < -0.3 is 15.3 Å². The Labute approximate surface area is 218 Å². The van der Waals surface area contributed by atoms with Crippen molar-refractivity contribution in [2.75, 3.05) is 18.1 Å². The number of rotatable bonds is 8. The molecule has 0 saturated carbocycles. The predicted octanol–water partition coefficient (Wildman–Crippen LogP) is 3.87. The third kappa shape index (κ3) is 5.31. The van der Waals surface area contributed by atoms with E-state index < -0.39 is 100 Å². The highest BCUT2D eigenvalue weighted by atomic mass is 19.3. The highest BCUT2D eigenvalue weighted by Gasteiger charge is 2.38. The number of nitrogens with one attached hydrogen (secondary N) is 1. The highest BCUT2D eigenvalue weighted by Crippen LogP contribution is 2.30. The Morgan fingerprint density at radius 3 is 2.25 bits per heavy atom. The fourth-order valence-corrected chi connectivity index (χ4v) is 4.48. The van der Waals surface area contributed by atoms with E-state index in [-0.39, 0.29) is 18.7 Å². The van der Waals surface area contributed by atoms with Crippen LogP contribution in [0.1, 0.15) is 23.2 Å². The van der Waals surface area contributed by atoms with Gasteiger partial charge in [-0.05, 0) is 18.9 Å². The van der Waals surface area contributed by atoms with Crippen molar-refractivity contribution < 1.29 is 49.4 Å². The van der Waals surface area contributed by atoms with Gasteiger partial charge in [0, 0.05) is 24.9 Å². The summed E-state index contributed by atoms with van der Waals surface area (Å²) in [5.74, 6) is -7.97. The molecule has 7 nitrogen and oxygen atoms in total. The van der Waals surface area contributed by atoms with Crippen molar-refractivity contribution in [3.63, 3.8) is 0 Å². The van der Waals surface area contributed by atoms with Crippen molar-refractivity contribution in [3.8, 4) is 5.69 Å². The summed E-state index contributed by atoms with van der Waals surface area (Å²) in [5, 5.41) is 10.1. The summed E-state index contributed by atoms with van der Waals surface area (Å²) < 4.78 is 125. The maximum Gasteiger partial charge on any atom is 0.271 e. The Morgan fingerprint density at radius 1 is 1.02 bits per heavy atom. The molecule has 2 N–H and O–H groups in total. The third-order valence-corrected chi connectivity index (χ3v) is 6.39. The molecule has 1 aromatic carbocycles. The number of carbonyl (C=O) groups is 1. The van der Waals surface area contributed by atoms with Crippen LogP contribution >= 0.6 is 0 Å². The lowest BCUT2D eigenvalue weighted by Gasteiger charge is -2.25. The first-order chi connectivity index (χ1) is 18.8. The Bertz CT molecular complexity index is 1480. The lowest BCUT2D eigenvalue weighted by molar-refractivity contribution is -0.0201. The first-order valence-corrected chi connectivity index (χ1v) is 11.6. The van der Waals surface area contributed by atoms with Crippen molar-refractivity contribution in [1.29, 1.82) is 0 Å². The Morgan fingerprint density at radius 2 is 1.68 bits per heavy atom. The van der Waals surface area contributed by atoms with E-state index in [1.807, 2.05) is 0 Å². The summed E-state index contributed by atoms with van der Waals surface area (Å²) >= 11 is 0. The van der Waals surface area contributed by atoms with Gasteiger partial charge in [-0.2, -0.15) is 0 Å². The monoisotopic (exact) mass is 582 g/mol. The standard InChI is InChI=1S/C24H19F9N4O3/c25-9-4-13(26)18(14(27)5-9)37-7-12(24(40)34-17(21(32)33)16(29)20(30)31)19(39)11-6-15(28)23(35-22(11)37)36-3-1-2-10(36)8-38/h4-7,10,16-17,20-21,38H,1-3,8H2,(H,34,40)/t10-,16?,17?/m1/s1. The smallest absolute Gasteiger partial charge is 0.271 e. The van der Waals surface area contributed by atoms with E-state index in [0.29, 0.717) is 29.7 Å². The molecule has 216 valence electrons. The van der Waals surface area contributed by atoms with Gasteiger partial charge in [0.2, 0.25) is 5.43 Å². The molecule has 16 heteroatoms. The highest BCUT2D eigenvalue weighted by molar-refractivity contribution is 5.97. The van der Waals surface area contributed by atoms with E-state index in [9.17, 15) is 49.8 Å². The van der Waals surface area contributed by atoms with E-state index in [1.54, 1.807) is 0 Å². The average Bonchev–Trinajstić information content (AvgIpc) is 3.35. The van der Waals surface area contributed by atoms with Crippen molar-refractivity contribution in [1.82, 2.24) is 14.9 Å². The third-order valence-electron chi connectivity index (χ3n) is 6.39. The van der Waals surface area contributed by atoms with Crippen molar-refractivity contribution in [3.05, 3.63) is 63.5 Å². The molecule has 3 atom stereocenters. The predicted molar refractivity (Wildman–Crippen MR) is 123 cm³/mol. The van der Waals surface area contributed by atoms with E-state index in [2.05, 4.69) is 4.98 Å². The number of hydrogen-bond acceptors (Lipinski definition) is 5. The van der Waals surface area contributed by atoms with Gasteiger partial charge in [-0.3, -0.25) is 14.2 Å². The lowest BCUT2D eigenvalue weighted by atomic mass is 10.1. The number of aliphatic hydroxyl groups is 1. The van der Waals surface area contributed by atoms with E-state index in [4.69, 9.17) is 0 Å². The molecule has 2 unspecified atom stereocenters. The number of aliphatic hydroxyl groups excluding tert-OH is 1. The number of amides is 1. The number of nitrogens with zero attached hydrogens (tertiary/aromatic N) is 3. The van der Waals surface area contributed by atoms with Crippen LogP contribution in [0.5, 0.6) is 0 Å². The number of carbonyl (C=O) groups excluding carboxylic acids is 1. The van der Waals surface area contributed by atoms with Crippen LogP contribution in [0.2, 0.25) is 0 Å². The second-order valence-electron chi connectivity index (χ2n) is 8.91. The molecule has 1 amide bonds. The number of benzene rings is 1. The van der Waals surface area contributed by atoms with Gasteiger partial charge in [-0.15, -0.1) is 0 Å². The molecule has 1 saturated heterocycles. The molecule has 40 heavy (non-hydrogen) atoms. The summed E-state index contributed by atoms with van der Waals surface area (Å²) in [7, 11) is 0. The second-order valence-corrected chi connectivity index (χ2v) is 8.91. The fourth-order valence-electron chi connectivity index (χ4n) is 4.48. The largest absolute Gasteiger partial charge is 0.394 e. The Balaban J connectivity index is 1.97. The van der Waals surface area contributed by atoms with Crippen molar-refractivity contribution >= 4 is 22.8 Å². The van der Waals surface area contributed by atoms with Crippen LogP contribution in [0, 0.1) is 23.3 Å². The van der Waals surface area contributed by atoms with Crippen LogP contribution in [0.4, 0.5) is 45.3 Å². The normalized spacial score (nSPS) is 17.2. The van der Waals surface area contributed by atoms with Crippen LogP contribution < -0.4 is 15.6 Å². The molecule has 1 fully saturated rings. The van der Waals surface area contributed by atoms with Crippen LogP contribution in [-0.4, -0.2) is 64.8 Å². The minimum absolute atomic E-state index is 0.203. The van der Waals surface area contributed by atoms with Crippen LogP contribution in [0.15, 0.2) is 29.2 Å². The van der Waals surface area contributed by atoms with Gasteiger partial charge in [0.1, 0.15) is 23.1 Å². The zero-order chi connectivity index (χ0) is 29.5. The molecular formula is C24H19F9N4O3. The van der Waals surface area contributed by atoms with Gasteiger partial charge in [0.15, 0.2) is 35.1 Å². The number of halogens is 9. The minimum Gasteiger partial charge on any atom is -0.394 e. The fraction of sp³-hybridized carbons (Fsp3) is 0.375. The molecule has 4 rings (SSSR count). The molecule has 1 aliphatic rings. The summed E-state index contributed by atoms with van der Waals surface area (Å²) in [6, 6.07) is -2.67. The topological polar surface area (TPSA) is 87.5 Å². The average molecular weight is 582 g/mol. The molecule has 1 aliphatic heterocycles. The number of anilines is 1. The molecule has 0 spiro atoms. The van der Waals surface area contributed by atoms with Gasteiger partial charge in [-0.1, -0.05) is 0 Å². The first-order valence-electron chi connectivity index (χ1n) is 11.6. The Hall–Kier alpha value is -3.82. The van der Waals surface area contributed by atoms with Crippen molar-refractivity contribution in [2.45, 2.75) is 43.9 Å². The number of fused-ring (bicyclic) bond motifs is 1. The van der Waals surface area contributed by atoms with Gasteiger partial charge in [-0.25, -0.2) is 44.5 Å². The van der Waals surface area contributed by atoms with Gasteiger partial charge in [0.05, 0.1) is 18.0 Å². The maximum atomic E-state index is 15.2. The summed E-state index contributed by atoms with van der Waals surface area (Å²) in [4.78, 5) is 31.2. The number of alkyl halides is 5. The second kappa shape index (κ2) is 11.3. The van der Waals surface area contributed by atoms with E-state index in [0.717, 1.165) is 0 Å². The zero-order valence-corrected chi connectivity index (χ0v) is 20.0. The van der Waals surface area contributed by atoms with Crippen molar-refractivity contribution in [2.24, 2.45) is 0 Å². The first kappa shape index (κ1) is 29.2. The summed E-state index contributed by atoms with van der Waals surface area (Å²) in [6.07, 6.45) is -10.0. The zero-order valence-electron chi connectivity index (χ0n) is 20.0. The minimum atomic E-state index is -3.94. The molecule has 0 bridgehead atoms. The van der Waals surface area contributed by atoms with Crippen LogP contribution in [0.25, 0.3) is 16.7 Å². The number of pyridine rings is 2. The van der Waals surface area contributed by atoms with E-state index in [1.165, 1.54) is 10.2 Å². The van der Waals surface area contributed by atoms with Crippen LogP contribution in [-0.2, 0) is 0 Å². The molecular weight excluding hydrogens is 563 g/mol. The number of aromatic nitrogens is 2. The number of hydrogen-bond donors (Lipinski definition) is 2. The summed E-state index contributed by atoms with van der Waals surface area (Å²) in [5.41, 5.74) is -4.42. The molecule has 0 aliphatic carbocycles. The molecule has 3 heterocycles. The van der Waals surface area contributed by atoms with Gasteiger partial charge >= 0.3 is 0 Å². The summed E-state index contributed by atoms with van der Waals surface area (Å²) in [6.45, 7) is -0.208. The van der Waals surface area contributed by atoms with Crippen LogP contribution in [0.3, 0.4) is 0 Å². The SMILES string of the molecule is O=C(NC(C(F)F)C(F)C(F)F)c1cn(-c2c(F)cc(F)cc2F)c2nc(N3CCC[C@@H]3CO)c(F)cc2c1=O. The molecule has 0 radical (unpaired) electrons. The molecule has 2 aromatic heterocycles. The maximum absolute atomic E-state index is 15.2. The quantitative estimate of drug-likeness (QED) is 0.394. The molecule has 3 aromatic rings. The lowest BCUT2D eigenvalue weighted by Crippen LogP contribution is -2.49. The Kier molecular flexibility index (Phi) is 8.28.